The fourth-order valence-corrected chi connectivity index (χ4v) is 6.62. The van der Waals surface area contributed by atoms with Crippen LogP contribution >= 0.6 is 34.9 Å². The van der Waals surface area contributed by atoms with Crippen molar-refractivity contribution in [1.29, 1.82) is 0 Å². The number of carboxylic acid groups (broad SMARTS) is 1. The number of fused-ring (bicyclic) bond motifs is 1. The third-order valence-electron chi connectivity index (χ3n) is 4.65. The van der Waals surface area contributed by atoms with Gasteiger partial charge in [-0.1, -0.05) is 23.1 Å². The van der Waals surface area contributed by atoms with Gasteiger partial charge in [-0.15, -0.1) is 22.0 Å². The van der Waals surface area contributed by atoms with E-state index in [0.717, 1.165) is 9.35 Å². The number of nitrogens with one attached hydrogen (secondary N) is 1. The molecule has 0 aromatic carbocycles. The zero-order valence-corrected chi connectivity index (χ0v) is 18.7. The molecule has 0 spiro atoms. The number of β-lactam (4-membered cyclic amide) rings is 1. The van der Waals surface area contributed by atoms with Crippen LogP contribution in [0.2, 0.25) is 0 Å². The molecule has 1 saturated heterocycles. The molecule has 2 aromatic heterocycles. The largest absolute Gasteiger partial charge is 0.477 e. The van der Waals surface area contributed by atoms with E-state index in [1.807, 2.05) is 6.92 Å². The smallest absolute Gasteiger partial charge is 0.352 e. The van der Waals surface area contributed by atoms with Crippen molar-refractivity contribution < 1.29 is 19.5 Å². The summed E-state index contributed by atoms with van der Waals surface area (Å²) in [5.41, 5.74) is 1.69. The van der Waals surface area contributed by atoms with Crippen molar-refractivity contribution >= 4 is 52.6 Å². The van der Waals surface area contributed by atoms with Crippen molar-refractivity contribution in [1.82, 2.24) is 30.2 Å². The molecule has 30 heavy (non-hydrogen) atoms. The Balaban J connectivity index is 1.49. The maximum atomic E-state index is 12.7. The summed E-state index contributed by atoms with van der Waals surface area (Å²) in [5.74, 6) is -1.12. The summed E-state index contributed by atoms with van der Waals surface area (Å²) < 4.78 is 2.20. The maximum Gasteiger partial charge on any atom is 0.352 e. The topological polar surface area (TPSA) is 130 Å². The van der Waals surface area contributed by atoms with Gasteiger partial charge in [0.25, 0.3) is 11.8 Å². The monoisotopic (exact) mass is 466 g/mol. The highest BCUT2D eigenvalue weighted by Gasteiger charge is 2.54. The number of aromatic nitrogens is 4. The SMILES string of the molecule is Cc1cc(C(=O)N[C@H]2C(=O)N3C(C(=O)O)=C(CSc4nnc(C)s4)CS[C@H]23)n(C)n1. The molecule has 0 unspecified atom stereocenters. The van der Waals surface area contributed by atoms with Crippen molar-refractivity contribution in [2.75, 3.05) is 11.5 Å². The molecule has 2 aliphatic heterocycles. The van der Waals surface area contributed by atoms with E-state index in [-0.39, 0.29) is 5.70 Å². The lowest BCUT2D eigenvalue weighted by Gasteiger charge is -2.49. The quantitative estimate of drug-likeness (QED) is 0.473. The Kier molecular flexibility index (Phi) is 5.59. The van der Waals surface area contributed by atoms with Gasteiger partial charge in [0.2, 0.25) is 0 Å². The van der Waals surface area contributed by atoms with E-state index < -0.39 is 29.2 Å². The number of carbonyl (C=O) groups excluding carboxylic acids is 2. The third-order valence-corrected chi connectivity index (χ3v) is 8.05. The Morgan fingerprint density at radius 1 is 1.37 bits per heavy atom. The average molecular weight is 467 g/mol. The average Bonchev–Trinajstić information content (AvgIpc) is 3.27. The molecule has 1 fully saturated rings. The van der Waals surface area contributed by atoms with Crippen LogP contribution in [0.4, 0.5) is 0 Å². The highest BCUT2D eigenvalue weighted by molar-refractivity contribution is 8.01. The van der Waals surface area contributed by atoms with E-state index >= 15 is 0 Å². The molecule has 0 radical (unpaired) electrons. The molecular weight excluding hydrogens is 448 g/mol. The van der Waals surface area contributed by atoms with Crippen LogP contribution in [0, 0.1) is 13.8 Å². The van der Waals surface area contributed by atoms with Gasteiger partial charge in [-0.05, 0) is 25.5 Å². The molecule has 2 aromatic rings. The van der Waals surface area contributed by atoms with Crippen LogP contribution in [0.3, 0.4) is 0 Å². The van der Waals surface area contributed by atoms with Crippen LogP contribution in [0.15, 0.2) is 21.7 Å². The van der Waals surface area contributed by atoms with Gasteiger partial charge in [-0.25, -0.2) is 4.79 Å². The van der Waals surface area contributed by atoms with Gasteiger partial charge in [0, 0.05) is 18.6 Å². The zero-order chi connectivity index (χ0) is 21.6. The molecule has 4 heterocycles. The van der Waals surface area contributed by atoms with Crippen LogP contribution in [0.25, 0.3) is 0 Å². The first kappa shape index (κ1) is 20.9. The van der Waals surface area contributed by atoms with E-state index in [2.05, 4.69) is 20.6 Å². The second-order valence-electron chi connectivity index (χ2n) is 6.79. The predicted octanol–water partition coefficient (Wildman–Crippen LogP) is 1.03. The van der Waals surface area contributed by atoms with E-state index in [0.29, 0.717) is 28.5 Å². The molecule has 2 atom stereocenters. The Hall–Kier alpha value is -2.38. The lowest BCUT2D eigenvalue weighted by Crippen LogP contribution is -2.70. The van der Waals surface area contributed by atoms with Gasteiger partial charge in [0.15, 0.2) is 4.34 Å². The number of hydrogen-bond acceptors (Lipinski definition) is 9. The number of carbonyl (C=O) groups is 3. The summed E-state index contributed by atoms with van der Waals surface area (Å²) in [6.07, 6.45) is 0. The van der Waals surface area contributed by atoms with Crippen LogP contribution in [-0.4, -0.2) is 70.7 Å². The van der Waals surface area contributed by atoms with Crippen molar-refractivity contribution in [3.63, 3.8) is 0 Å². The molecule has 0 bridgehead atoms. The molecular formula is C17H18N6O4S3. The highest BCUT2D eigenvalue weighted by atomic mass is 32.2. The first-order valence-electron chi connectivity index (χ1n) is 8.90. The normalized spacial score (nSPS) is 20.8. The van der Waals surface area contributed by atoms with Gasteiger partial charge in [0.05, 0.1) is 5.69 Å². The fraction of sp³-hybridized carbons (Fsp3) is 0.412. The fourth-order valence-electron chi connectivity index (χ4n) is 3.32. The number of carboxylic acids is 1. The third kappa shape index (κ3) is 3.72. The van der Waals surface area contributed by atoms with E-state index in [4.69, 9.17) is 0 Å². The number of aryl methyl sites for hydroxylation is 3. The van der Waals surface area contributed by atoms with Gasteiger partial charge in [-0.3, -0.25) is 19.2 Å². The number of aliphatic carboxylic acids is 1. The lowest BCUT2D eigenvalue weighted by atomic mass is 10.0. The van der Waals surface area contributed by atoms with Crippen molar-refractivity contribution in [2.45, 2.75) is 29.6 Å². The Morgan fingerprint density at radius 2 is 2.13 bits per heavy atom. The van der Waals surface area contributed by atoms with Gasteiger partial charge >= 0.3 is 5.97 Å². The first-order valence-corrected chi connectivity index (χ1v) is 11.8. The second-order valence-corrected chi connectivity index (χ2v) is 10.3. The Morgan fingerprint density at radius 3 is 2.73 bits per heavy atom. The van der Waals surface area contributed by atoms with E-state index in [9.17, 15) is 19.5 Å². The van der Waals surface area contributed by atoms with Gasteiger partial charge in [-0.2, -0.15) is 5.10 Å². The number of nitrogens with zero attached hydrogens (tertiary/aromatic N) is 5. The minimum Gasteiger partial charge on any atom is -0.477 e. The molecule has 13 heteroatoms. The molecule has 10 nitrogen and oxygen atoms in total. The summed E-state index contributed by atoms with van der Waals surface area (Å²) in [6, 6.07) is 0.865. The summed E-state index contributed by atoms with van der Waals surface area (Å²) in [5, 5.41) is 25.0. The first-order chi connectivity index (χ1) is 14.3. The minimum atomic E-state index is -1.15. The summed E-state index contributed by atoms with van der Waals surface area (Å²) in [6.45, 7) is 3.63. The summed E-state index contributed by atoms with van der Waals surface area (Å²) in [7, 11) is 1.65. The predicted molar refractivity (Wildman–Crippen MR) is 112 cm³/mol. The number of rotatable bonds is 6. The molecule has 158 valence electrons. The van der Waals surface area contributed by atoms with E-state index in [1.54, 1.807) is 20.0 Å². The van der Waals surface area contributed by atoms with E-state index in [1.165, 1.54) is 44.4 Å². The molecule has 0 aliphatic carbocycles. The second kappa shape index (κ2) is 8.04. The molecule has 0 saturated carbocycles. The summed E-state index contributed by atoms with van der Waals surface area (Å²) >= 11 is 4.28. The minimum absolute atomic E-state index is 0.000589. The molecule has 2 N–H and O–H groups in total. The number of thioether (sulfide) groups is 2. The summed E-state index contributed by atoms with van der Waals surface area (Å²) in [4.78, 5) is 38.5. The Labute approximate surface area is 184 Å². The molecule has 2 amide bonds. The molecule has 2 aliphatic rings. The van der Waals surface area contributed by atoms with Crippen LogP contribution < -0.4 is 5.32 Å². The number of amides is 2. The standard InChI is InChI=1S/C17H18N6O4S3/c1-7-4-10(22(3)21-7)13(24)18-11-14(25)23-12(16(26)27)9(5-28-15(11)23)6-29-17-20-19-8(2)30-17/h4,11,15H,5-6H2,1-3H3,(H,18,24)(H,26,27)/t11-,15+/m0/s1. The van der Waals surface area contributed by atoms with Gasteiger partial charge in [0.1, 0.15) is 27.8 Å². The van der Waals surface area contributed by atoms with Crippen molar-refractivity contribution in [3.8, 4) is 0 Å². The van der Waals surface area contributed by atoms with Crippen LogP contribution in [0.5, 0.6) is 0 Å². The maximum absolute atomic E-state index is 12.7. The zero-order valence-electron chi connectivity index (χ0n) is 16.3. The molecule has 4 rings (SSSR count). The lowest BCUT2D eigenvalue weighted by molar-refractivity contribution is -0.148. The van der Waals surface area contributed by atoms with Crippen LogP contribution in [-0.2, 0) is 16.6 Å². The number of hydrogen-bond donors (Lipinski definition) is 2. The Bertz CT molecular complexity index is 1080. The van der Waals surface area contributed by atoms with Crippen LogP contribution in [0.1, 0.15) is 21.2 Å². The van der Waals surface area contributed by atoms with Crippen molar-refractivity contribution in [3.05, 3.63) is 33.7 Å². The van der Waals surface area contributed by atoms with Gasteiger partial charge < -0.3 is 10.4 Å². The van der Waals surface area contributed by atoms with Crippen molar-refractivity contribution in [2.24, 2.45) is 7.05 Å². The highest BCUT2D eigenvalue weighted by Crippen LogP contribution is 2.41.